The number of allylic oxidation sites excluding steroid dienone is 2. The lowest BCUT2D eigenvalue weighted by Crippen LogP contribution is -1.92. The van der Waals surface area contributed by atoms with Crippen molar-refractivity contribution in [2.45, 2.75) is 13.8 Å². The minimum absolute atomic E-state index is 0.166. The van der Waals surface area contributed by atoms with Crippen molar-refractivity contribution < 1.29 is 0 Å². The van der Waals surface area contributed by atoms with Crippen molar-refractivity contribution in [3.8, 4) is 6.07 Å². The number of aliphatic imine (C=N–C) groups is 1. The van der Waals surface area contributed by atoms with Gasteiger partial charge in [-0.2, -0.15) is 5.26 Å². The van der Waals surface area contributed by atoms with E-state index in [9.17, 15) is 0 Å². The van der Waals surface area contributed by atoms with Crippen LogP contribution in [0.15, 0.2) is 36.1 Å². The van der Waals surface area contributed by atoms with Gasteiger partial charge in [0.05, 0.1) is 0 Å². The molecule has 0 fully saturated rings. The van der Waals surface area contributed by atoms with Gasteiger partial charge in [0.25, 0.3) is 0 Å². The Morgan fingerprint density at radius 1 is 1.50 bits per heavy atom. The molecule has 3 heteroatoms. The molecule has 1 aromatic heterocycles. The van der Waals surface area contributed by atoms with Crippen LogP contribution in [-0.4, -0.2) is 11.2 Å². The average molecular weight is 211 g/mol. The Labute approximate surface area is 95.5 Å². The summed E-state index contributed by atoms with van der Waals surface area (Å²) in [6, 6.07) is 3.83. The summed E-state index contributed by atoms with van der Waals surface area (Å²) in [4.78, 5) is 8.07. The molecule has 0 saturated carbocycles. The van der Waals surface area contributed by atoms with E-state index in [1.807, 2.05) is 26.0 Å². The molecule has 0 atom stereocenters. The third-order valence-electron chi connectivity index (χ3n) is 2.10. The van der Waals surface area contributed by atoms with E-state index in [0.717, 1.165) is 22.4 Å². The van der Waals surface area contributed by atoms with E-state index in [4.69, 9.17) is 5.26 Å². The number of nitrogens with zero attached hydrogens (tertiary/aromatic N) is 3. The first-order valence-corrected chi connectivity index (χ1v) is 4.80. The van der Waals surface area contributed by atoms with Gasteiger partial charge in [0.1, 0.15) is 11.8 Å². The van der Waals surface area contributed by atoms with Crippen molar-refractivity contribution in [2.24, 2.45) is 4.99 Å². The van der Waals surface area contributed by atoms with Crippen LogP contribution in [0.25, 0.3) is 5.57 Å². The fourth-order valence-electron chi connectivity index (χ4n) is 1.29. The monoisotopic (exact) mass is 211 g/mol. The van der Waals surface area contributed by atoms with Crippen LogP contribution in [0.1, 0.15) is 16.8 Å². The Hall–Kier alpha value is -2.21. The highest BCUT2D eigenvalue weighted by Crippen LogP contribution is 2.15. The van der Waals surface area contributed by atoms with E-state index in [1.54, 1.807) is 6.20 Å². The molecule has 80 valence electrons. The van der Waals surface area contributed by atoms with Crippen molar-refractivity contribution >= 4 is 11.8 Å². The summed E-state index contributed by atoms with van der Waals surface area (Å²) >= 11 is 0. The van der Waals surface area contributed by atoms with Crippen LogP contribution in [-0.2, 0) is 0 Å². The lowest BCUT2D eigenvalue weighted by Gasteiger charge is -2.04. The highest BCUT2D eigenvalue weighted by Gasteiger charge is 2.01. The number of hydrogen-bond donors (Lipinski definition) is 0. The maximum Gasteiger partial charge on any atom is 0.133 e. The summed E-state index contributed by atoms with van der Waals surface area (Å²) in [6.07, 6.45) is 3.29. The molecule has 0 aliphatic rings. The van der Waals surface area contributed by atoms with Gasteiger partial charge in [-0.1, -0.05) is 13.2 Å². The van der Waals surface area contributed by atoms with Gasteiger partial charge in [-0.15, -0.1) is 0 Å². The van der Waals surface area contributed by atoms with E-state index < -0.39 is 0 Å². The smallest absolute Gasteiger partial charge is 0.133 e. The van der Waals surface area contributed by atoms with Crippen molar-refractivity contribution in [2.75, 3.05) is 0 Å². The fourth-order valence-corrected chi connectivity index (χ4v) is 1.29. The molecule has 0 aliphatic carbocycles. The predicted octanol–water partition coefficient (Wildman–Crippen LogP) is 2.82. The quantitative estimate of drug-likeness (QED) is 0.570. The zero-order valence-corrected chi connectivity index (χ0v) is 9.49. The second-order valence-corrected chi connectivity index (χ2v) is 3.48. The van der Waals surface area contributed by atoms with Crippen LogP contribution >= 0.6 is 0 Å². The van der Waals surface area contributed by atoms with E-state index in [0.29, 0.717) is 0 Å². The molecule has 1 heterocycles. The zero-order valence-electron chi connectivity index (χ0n) is 9.49. The topological polar surface area (TPSA) is 49.0 Å². The van der Waals surface area contributed by atoms with E-state index in [2.05, 4.69) is 23.1 Å². The molecule has 0 amide bonds. The summed E-state index contributed by atoms with van der Waals surface area (Å²) in [5.74, 6) is 0. The number of pyridine rings is 1. The molecule has 0 saturated heterocycles. The first-order chi connectivity index (χ1) is 7.54. The molecule has 0 spiro atoms. The molecule has 0 aromatic carbocycles. The lowest BCUT2D eigenvalue weighted by atomic mass is 10.0. The molecular weight excluding hydrogens is 198 g/mol. The SMILES string of the molecule is C=C(C#N)/N=C/C(=C)c1cnc(C)cc1C. The molecule has 0 N–H and O–H groups in total. The second-order valence-electron chi connectivity index (χ2n) is 3.48. The molecule has 3 nitrogen and oxygen atoms in total. The Morgan fingerprint density at radius 3 is 2.75 bits per heavy atom. The predicted molar refractivity (Wildman–Crippen MR) is 66.0 cm³/mol. The molecule has 16 heavy (non-hydrogen) atoms. The van der Waals surface area contributed by atoms with Gasteiger partial charge in [-0.25, -0.2) is 4.99 Å². The number of aryl methyl sites for hydroxylation is 2. The summed E-state index contributed by atoms with van der Waals surface area (Å²) in [6.45, 7) is 11.3. The number of hydrogen-bond acceptors (Lipinski definition) is 3. The fraction of sp³-hybridized carbons (Fsp3) is 0.154. The normalized spacial score (nSPS) is 10.1. The van der Waals surface area contributed by atoms with Crippen LogP contribution in [0.5, 0.6) is 0 Å². The van der Waals surface area contributed by atoms with Crippen molar-refractivity contribution in [1.82, 2.24) is 4.98 Å². The van der Waals surface area contributed by atoms with Crippen molar-refractivity contribution in [1.29, 1.82) is 5.26 Å². The number of aromatic nitrogens is 1. The van der Waals surface area contributed by atoms with E-state index in [1.165, 1.54) is 6.21 Å². The molecule has 0 bridgehead atoms. The van der Waals surface area contributed by atoms with Gasteiger partial charge >= 0.3 is 0 Å². The highest BCUT2D eigenvalue weighted by molar-refractivity contribution is 6.09. The van der Waals surface area contributed by atoms with Crippen LogP contribution in [0.4, 0.5) is 0 Å². The molecule has 1 rings (SSSR count). The third-order valence-corrected chi connectivity index (χ3v) is 2.10. The Bertz CT molecular complexity index is 504. The minimum atomic E-state index is 0.166. The molecule has 1 aromatic rings. The van der Waals surface area contributed by atoms with Gasteiger partial charge in [0.15, 0.2) is 0 Å². The molecular formula is C13H13N3. The van der Waals surface area contributed by atoms with Gasteiger partial charge < -0.3 is 0 Å². The maximum absolute atomic E-state index is 8.50. The standard InChI is InChI=1S/C13H13N3/c1-9-5-11(3)16-8-13(9)10(2)7-15-12(4)6-14/h5,7-8H,2,4H2,1,3H3/b15-7+. The van der Waals surface area contributed by atoms with Crippen molar-refractivity contribution in [3.63, 3.8) is 0 Å². The van der Waals surface area contributed by atoms with E-state index >= 15 is 0 Å². The minimum Gasteiger partial charge on any atom is -0.261 e. The number of nitriles is 1. The third kappa shape index (κ3) is 2.89. The maximum atomic E-state index is 8.50. The van der Waals surface area contributed by atoms with Gasteiger partial charge in [-0.3, -0.25) is 4.98 Å². The lowest BCUT2D eigenvalue weighted by molar-refractivity contribution is 1.17. The zero-order chi connectivity index (χ0) is 12.1. The van der Waals surface area contributed by atoms with Crippen LogP contribution in [0, 0.1) is 25.2 Å². The Morgan fingerprint density at radius 2 is 2.19 bits per heavy atom. The summed E-state index contributed by atoms with van der Waals surface area (Å²) < 4.78 is 0. The highest BCUT2D eigenvalue weighted by atomic mass is 14.7. The van der Waals surface area contributed by atoms with Gasteiger partial charge in [-0.05, 0) is 31.1 Å². The summed E-state index contributed by atoms with van der Waals surface area (Å²) in [5, 5.41) is 8.50. The van der Waals surface area contributed by atoms with Crippen LogP contribution in [0.3, 0.4) is 0 Å². The van der Waals surface area contributed by atoms with Crippen LogP contribution in [0.2, 0.25) is 0 Å². The molecule has 0 radical (unpaired) electrons. The second kappa shape index (κ2) is 5.04. The van der Waals surface area contributed by atoms with Crippen LogP contribution < -0.4 is 0 Å². The first-order valence-electron chi connectivity index (χ1n) is 4.80. The number of rotatable bonds is 3. The molecule has 0 aliphatic heterocycles. The van der Waals surface area contributed by atoms with E-state index in [-0.39, 0.29) is 5.70 Å². The Balaban J connectivity index is 2.94. The summed E-state index contributed by atoms with van der Waals surface area (Å²) in [7, 11) is 0. The van der Waals surface area contributed by atoms with Gasteiger partial charge in [0.2, 0.25) is 0 Å². The molecule has 0 unspecified atom stereocenters. The van der Waals surface area contributed by atoms with Crippen molar-refractivity contribution in [3.05, 3.63) is 47.9 Å². The van der Waals surface area contributed by atoms with Gasteiger partial charge in [0, 0.05) is 23.7 Å². The summed E-state index contributed by atoms with van der Waals surface area (Å²) in [5.41, 5.74) is 3.87. The first kappa shape index (κ1) is 11.9. The Kier molecular flexibility index (Phi) is 3.73. The largest absolute Gasteiger partial charge is 0.261 e. The average Bonchev–Trinajstić information content (AvgIpc) is 2.25.